The molecule has 2 amide bonds. The summed E-state index contributed by atoms with van der Waals surface area (Å²) in [5.41, 5.74) is 5.62. The van der Waals surface area contributed by atoms with Crippen molar-refractivity contribution in [1.82, 2.24) is 0 Å². The lowest BCUT2D eigenvalue weighted by molar-refractivity contribution is -0.118. The number of rotatable bonds is 9. The van der Waals surface area contributed by atoms with Crippen LogP contribution in [0.2, 0.25) is 5.02 Å². The van der Waals surface area contributed by atoms with Crippen molar-refractivity contribution in [1.29, 1.82) is 0 Å². The van der Waals surface area contributed by atoms with E-state index in [4.69, 9.17) is 26.8 Å². The minimum absolute atomic E-state index is 0.102. The Balaban J connectivity index is 1.74. The summed E-state index contributed by atoms with van der Waals surface area (Å²) in [5.74, 6) is -0.248. The highest BCUT2D eigenvalue weighted by atomic mass is 35.5. The molecule has 0 spiro atoms. The summed E-state index contributed by atoms with van der Waals surface area (Å²) >= 11 is 5.84. The highest BCUT2D eigenvalue weighted by molar-refractivity contribution is 6.32. The Labute approximate surface area is 155 Å². The van der Waals surface area contributed by atoms with Gasteiger partial charge in [0.15, 0.2) is 0 Å². The van der Waals surface area contributed by atoms with Crippen LogP contribution in [0.3, 0.4) is 0 Å². The molecule has 0 aliphatic rings. The zero-order valence-corrected chi connectivity index (χ0v) is 14.6. The van der Waals surface area contributed by atoms with Gasteiger partial charge in [0.1, 0.15) is 17.3 Å². The van der Waals surface area contributed by atoms with E-state index < -0.39 is 11.7 Å². The summed E-state index contributed by atoms with van der Waals surface area (Å²) in [5, 5.41) is 2.86. The zero-order chi connectivity index (χ0) is 18.9. The number of hydrogen-bond donors (Lipinski definition) is 2. The van der Waals surface area contributed by atoms with Crippen molar-refractivity contribution in [2.24, 2.45) is 5.73 Å². The van der Waals surface area contributed by atoms with Crippen molar-refractivity contribution < 1.29 is 23.5 Å². The Morgan fingerprint density at radius 1 is 1.04 bits per heavy atom. The summed E-state index contributed by atoms with van der Waals surface area (Å²) in [4.78, 5) is 22.5. The second-order valence-corrected chi connectivity index (χ2v) is 5.72. The molecule has 0 radical (unpaired) electrons. The van der Waals surface area contributed by atoms with Gasteiger partial charge in [-0.05, 0) is 42.5 Å². The number of primary amides is 1. The van der Waals surface area contributed by atoms with E-state index in [-0.39, 0.29) is 37.0 Å². The summed E-state index contributed by atoms with van der Waals surface area (Å²) in [6.45, 7) is 0.301. The SMILES string of the molecule is NC(=O)CCOc1ccc(NC(=O)CCOc2ccc(F)cc2Cl)cc1. The molecule has 0 unspecified atom stereocenters. The summed E-state index contributed by atoms with van der Waals surface area (Å²) in [6.07, 6.45) is 0.237. The number of hydrogen-bond acceptors (Lipinski definition) is 4. The van der Waals surface area contributed by atoms with Crippen molar-refractivity contribution in [2.75, 3.05) is 18.5 Å². The quantitative estimate of drug-likeness (QED) is 0.699. The molecule has 0 atom stereocenters. The molecule has 2 aromatic carbocycles. The number of anilines is 1. The van der Waals surface area contributed by atoms with Gasteiger partial charge >= 0.3 is 0 Å². The minimum Gasteiger partial charge on any atom is -0.493 e. The first kappa shape index (κ1) is 19.5. The van der Waals surface area contributed by atoms with Gasteiger partial charge in [0.05, 0.1) is 31.1 Å². The Kier molecular flexibility index (Phi) is 7.23. The van der Waals surface area contributed by atoms with Gasteiger partial charge in [0.2, 0.25) is 11.8 Å². The summed E-state index contributed by atoms with van der Waals surface area (Å²) < 4.78 is 23.6. The summed E-state index contributed by atoms with van der Waals surface area (Å²) in [6, 6.07) is 10.5. The lowest BCUT2D eigenvalue weighted by Crippen LogP contribution is -2.15. The summed E-state index contributed by atoms with van der Waals surface area (Å²) in [7, 11) is 0. The van der Waals surface area contributed by atoms with E-state index >= 15 is 0 Å². The van der Waals surface area contributed by atoms with Crippen LogP contribution in [0.5, 0.6) is 11.5 Å². The van der Waals surface area contributed by atoms with Crippen LogP contribution in [-0.4, -0.2) is 25.0 Å². The van der Waals surface area contributed by atoms with E-state index in [9.17, 15) is 14.0 Å². The predicted molar refractivity (Wildman–Crippen MR) is 95.9 cm³/mol. The predicted octanol–water partition coefficient (Wildman–Crippen LogP) is 3.14. The third kappa shape index (κ3) is 6.60. The number of halogens is 2. The van der Waals surface area contributed by atoms with E-state index in [1.807, 2.05) is 0 Å². The standard InChI is InChI=1S/C18H18ClFN2O4/c19-15-11-12(20)1-6-16(15)26-10-8-18(24)22-13-2-4-14(5-3-13)25-9-7-17(21)23/h1-6,11H,7-10H2,(H2,21,23)(H,22,24). The third-order valence-corrected chi connectivity index (χ3v) is 3.53. The molecule has 3 N–H and O–H groups in total. The first-order chi connectivity index (χ1) is 12.4. The fourth-order valence-corrected chi connectivity index (χ4v) is 2.20. The highest BCUT2D eigenvalue weighted by Gasteiger charge is 2.06. The number of nitrogens with two attached hydrogens (primary N) is 1. The molecule has 0 saturated heterocycles. The molecule has 0 saturated carbocycles. The lowest BCUT2D eigenvalue weighted by Gasteiger charge is -2.09. The number of nitrogens with one attached hydrogen (secondary N) is 1. The Bertz CT molecular complexity index is 768. The van der Waals surface area contributed by atoms with Crippen LogP contribution in [0.15, 0.2) is 42.5 Å². The highest BCUT2D eigenvalue weighted by Crippen LogP contribution is 2.25. The second kappa shape index (κ2) is 9.62. The Morgan fingerprint density at radius 2 is 1.73 bits per heavy atom. The number of carbonyl (C=O) groups excluding carboxylic acids is 2. The second-order valence-electron chi connectivity index (χ2n) is 5.31. The van der Waals surface area contributed by atoms with E-state index in [1.165, 1.54) is 12.1 Å². The molecule has 0 fully saturated rings. The van der Waals surface area contributed by atoms with Crippen molar-refractivity contribution in [3.63, 3.8) is 0 Å². The van der Waals surface area contributed by atoms with Gasteiger partial charge in [-0.15, -0.1) is 0 Å². The van der Waals surface area contributed by atoms with Crippen LogP contribution in [-0.2, 0) is 9.59 Å². The van der Waals surface area contributed by atoms with Crippen LogP contribution < -0.4 is 20.5 Å². The monoisotopic (exact) mass is 380 g/mol. The topological polar surface area (TPSA) is 90.7 Å². The molecule has 8 heteroatoms. The number of ether oxygens (including phenoxy) is 2. The van der Waals surface area contributed by atoms with E-state index in [2.05, 4.69) is 5.32 Å². The molecule has 6 nitrogen and oxygen atoms in total. The average Bonchev–Trinajstić information content (AvgIpc) is 2.58. The largest absolute Gasteiger partial charge is 0.493 e. The van der Waals surface area contributed by atoms with E-state index in [1.54, 1.807) is 24.3 Å². The van der Waals surface area contributed by atoms with Gasteiger partial charge in [-0.3, -0.25) is 9.59 Å². The average molecular weight is 381 g/mol. The minimum atomic E-state index is -0.456. The van der Waals surface area contributed by atoms with Crippen molar-refractivity contribution in [3.8, 4) is 11.5 Å². The molecular weight excluding hydrogens is 363 g/mol. The lowest BCUT2D eigenvalue weighted by atomic mass is 10.3. The van der Waals surface area contributed by atoms with Crippen LogP contribution in [0.1, 0.15) is 12.8 Å². The van der Waals surface area contributed by atoms with Gasteiger partial charge < -0.3 is 20.5 Å². The van der Waals surface area contributed by atoms with E-state index in [0.717, 1.165) is 6.07 Å². The molecule has 0 heterocycles. The number of amides is 2. The first-order valence-corrected chi connectivity index (χ1v) is 8.20. The fourth-order valence-electron chi connectivity index (χ4n) is 1.97. The Morgan fingerprint density at radius 3 is 2.38 bits per heavy atom. The normalized spacial score (nSPS) is 10.2. The number of carbonyl (C=O) groups is 2. The maximum atomic E-state index is 12.9. The fraction of sp³-hybridized carbons (Fsp3) is 0.222. The van der Waals surface area contributed by atoms with Crippen molar-refractivity contribution in [3.05, 3.63) is 53.3 Å². The molecule has 0 aliphatic heterocycles. The van der Waals surface area contributed by atoms with Crippen LogP contribution in [0, 0.1) is 5.82 Å². The van der Waals surface area contributed by atoms with Crippen LogP contribution in [0.4, 0.5) is 10.1 Å². The van der Waals surface area contributed by atoms with Gasteiger partial charge in [0, 0.05) is 5.69 Å². The molecule has 26 heavy (non-hydrogen) atoms. The molecule has 138 valence electrons. The van der Waals surface area contributed by atoms with Crippen molar-refractivity contribution in [2.45, 2.75) is 12.8 Å². The van der Waals surface area contributed by atoms with Gasteiger partial charge in [-0.1, -0.05) is 11.6 Å². The molecular formula is C18H18ClFN2O4. The Hall–Kier alpha value is -2.80. The first-order valence-electron chi connectivity index (χ1n) is 7.83. The zero-order valence-electron chi connectivity index (χ0n) is 13.8. The smallest absolute Gasteiger partial charge is 0.227 e. The molecule has 0 bridgehead atoms. The maximum Gasteiger partial charge on any atom is 0.227 e. The molecule has 0 aromatic heterocycles. The van der Waals surface area contributed by atoms with Crippen LogP contribution in [0.25, 0.3) is 0 Å². The van der Waals surface area contributed by atoms with Gasteiger partial charge in [0.25, 0.3) is 0 Å². The molecule has 2 rings (SSSR count). The van der Waals surface area contributed by atoms with E-state index in [0.29, 0.717) is 17.2 Å². The maximum absolute atomic E-state index is 12.9. The number of benzene rings is 2. The van der Waals surface area contributed by atoms with Crippen molar-refractivity contribution >= 4 is 29.1 Å². The van der Waals surface area contributed by atoms with Gasteiger partial charge in [-0.2, -0.15) is 0 Å². The molecule has 0 aliphatic carbocycles. The molecule has 2 aromatic rings. The van der Waals surface area contributed by atoms with Crippen LogP contribution >= 0.6 is 11.6 Å². The third-order valence-electron chi connectivity index (χ3n) is 3.24. The van der Waals surface area contributed by atoms with Gasteiger partial charge in [-0.25, -0.2) is 4.39 Å².